The molecule has 0 bridgehead atoms. The number of rotatable bonds is 8. The Bertz CT molecular complexity index is 743. The number of Topliss-reactive ketones (excluding diaryl/α,β-unsaturated/α-hetero) is 1. The van der Waals surface area contributed by atoms with Gasteiger partial charge in [0.2, 0.25) is 0 Å². The Balaban J connectivity index is 2.22. The van der Waals surface area contributed by atoms with Gasteiger partial charge in [-0.15, -0.1) is 0 Å². The standard InChI is InChI=1S/C21H23NO4/c1-3-17(23)18(4-2)26-21(25)19(15-11-7-5-8-12-15)22-20(24)16-13-9-6-10-14-16/h5-14,18-19H,3-4H2,1-2H3,(H,22,24). The van der Waals surface area contributed by atoms with Gasteiger partial charge in [-0.2, -0.15) is 0 Å². The summed E-state index contributed by atoms with van der Waals surface area (Å²) in [7, 11) is 0. The number of nitrogens with one attached hydrogen (secondary N) is 1. The predicted molar refractivity (Wildman–Crippen MR) is 98.6 cm³/mol. The number of amides is 1. The molecule has 2 unspecified atom stereocenters. The molecule has 5 nitrogen and oxygen atoms in total. The van der Waals surface area contributed by atoms with Crippen LogP contribution in [0.15, 0.2) is 60.7 Å². The first-order chi connectivity index (χ1) is 12.6. The van der Waals surface area contributed by atoms with Gasteiger partial charge in [-0.1, -0.05) is 62.4 Å². The zero-order chi connectivity index (χ0) is 18.9. The first-order valence-electron chi connectivity index (χ1n) is 8.70. The maximum absolute atomic E-state index is 12.7. The van der Waals surface area contributed by atoms with Crippen LogP contribution in [0, 0.1) is 0 Å². The molecule has 2 aromatic rings. The Morgan fingerprint density at radius 1 is 0.923 bits per heavy atom. The van der Waals surface area contributed by atoms with E-state index >= 15 is 0 Å². The van der Waals surface area contributed by atoms with Crippen molar-refractivity contribution in [3.05, 3.63) is 71.8 Å². The molecule has 26 heavy (non-hydrogen) atoms. The van der Waals surface area contributed by atoms with Crippen LogP contribution in [0.1, 0.15) is 48.7 Å². The van der Waals surface area contributed by atoms with E-state index in [9.17, 15) is 14.4 Å². The van der Waals surface area contributed by atoms with Crippen LogP contribution in [0.4, 0.5) is 0 Å². The van der Waals surface area contributed by atoms with Gasteiger partial charge in [0.1, 0.15) is 0 Å². The molecule has 1 N–H and O–H groups in total. The quantitative estimate of drug-likeness (QED) is 0.738. The number of hydrogen-bond acceptors (Lipinski definition) is 4. The van der Waals surface area contributed by atoms with E-state index in [1.165, 1.54) is 0 Å². The van der Waals surface area contributed by atoms with Crippen LogP contribution in [0.2, 0.25) is 0 Å². The lowest BCUT2D eigenvalue weighted by molar-refractivity contribution is -0.157. The summed E-state index contributed by atoms with van der Waals surface area (Å²) in [5, 5.41) is 2.71. The lowest BCUT2D eigenvalue weighted by Gasteiger charge is -2.21. The SMILES string of the molecule is CCC(=O)C(CC)OC(=O)C(NC(=O)c1ccccc1)c1ccccc1. The third kappa shape index (κ3) is 5.02. The molecule has 0 saturated carbocycles. The summed E-state index contributed by atoms with van der Waals surface area (Å²) in [6.45, 7) is 3.51. The van der Waals surface area contributed by atoms with Crippen LogP contribution in [-0.2, 0) is 14.3 Å². The summed E-state index contributed by atoms with van der Waals surface area (Å²) < 4.78 is 5.40. The largest absolute Gasteiger partial charge is 0.453 e. The number of carbonyl (C=O) groups is 3. The normalized spacial score (nSPS) is 12.7. The van der Waals surface area contributed by atoms with Crippen LogP contribution in [-0.4, -0.2) is 23.8 Å². The van der Waals surface area contributed by atoms with Crippen molar-refractivity contribution >= 4 is 17.7 Å². The van der Waals surface area contributed by atoms with Gasteiger partial charge in [0, 0.05) is 12.0 Å². The van der Waals surface area contributed by atoms with Crippen LogP contribution >= 0.6 is 0 Å². The first-order valence-corrected chi connectivity index (χ1v) is 8.70. The van der Waals surface area contributed by atoms with E-state index in [2.05, 4.69) is 5.32 Å². The summed E-state index contributed by atoms with van der Waals surface area (Å²) in [5.41, 5.74) is 1.04. The third-order valence-electron chi connectivity index (χ3n) is 4.02. The average Bonchev–Trinajstić information content (AvgIpc) is 2.70. The number of benzene rings is 2. The molecular formula is C21H23NO4. The Hall–Kier alpha value is -2.95. The van der Waals surface area contributed by atoms with Gasteiger partial charge in [-0.25, -0.2) is 4.79 Å². The highest BCUT2D eigenvalue weighted by atomic mass is 16.5. The zero-order valence-corrected chi connectivity index (χ0v) is 15.0. The van der Waals surface area contributed by atoms with Crippen molar-refractivity contribution in [2.24, 2.45) is 0 Å². The minimum absolute atomic E-state index is 0.137. The molecule has 0 spiro atoms. The van der Waals surface area contributed by atoms with Crippen LogP contribution < -0.4 is 5.32 Å². The van der Waals surface area contributed by atoms with E-state index in [0.29, 0.717) is 17.5 Å². The summed E-state index contributed by atoms with van der Waals surface area (Å²) >= 11 is 0. The molecule has 0 aromatic heterocycles. The minimum Gasteiger partial charge on any atom is -0.453 e. The molecule has 1 amide bonds. The fourth-order valence-electron chi connectivity index (χ4n) is 2.54. The molecular weight excluding hydrogens is 330 g/mol. The second kappa shape index (κ2) is 9.51. The van der Waals surface area contributed by atoms with Gasteiger partial charge in [-0.3, -0.25) is 9.59 Å². The van der Waals surface area contributed by atoms with Gasteiger partial charge >= 0.3 is 5.97 Å². The number of hydrogen-bond donors (Lipinski definition) is 1. The fourth-order valence-corrected chi connectivity index (χ4v) is 2.54. The minimum atomic E-state index is -0.984. The summed E-state index contributed by atoms with van der Waals surface area (Å²) in [4.78, 5) is 37.1. The number of ether oxygens (including phenoxy) is 1. The monoisotopic (exact) mass is 353 g/mol. The summed E-state index contributed by atoms with van der Waals surface area (Å²) in [5.74, 6) is -1.16. The maximum Gasteiger partial charge on any atom is 0.334 e. The molecule has 0 aliphatic rings. The Labute approximate surface area is 153 Å². The van der Waals surface area contributed by atoms with Crippen molar-refractivity contribution in [1.29, 1.82) is 0 Å². The van der Waals surface area contributed by atoms with Crippen molar-refractivity contribution in [3.63, 3.8) is 0 Å². The number of esters is 1. The molecule has 0 heterocycles. The van der Waals surface area contributed by atoms with E-state index in [1.54, 1.807) is 62.4 Å². The Morgan fingerprint density at radius 2 is 1.50 bits per heavy atom. The van der Waals surface area contributed by atoms with Crippen LogP contribution in [0.3, 0.4) is 0 Å². The average molecular weight is 353 g/mol. The fraction of sp³-hybridized carbons (Fsp3) is 0.286. The molecule has 2 aromatic carbocycles. The highest BCUT2D eigenvalue weighted by molar-refractivity contribution is 5.97. The van der Waals surface area contributed by atoms with E-state index in [4.69, 9.17) is 4.74 Å². The molecule has 2 atom stereocenters. The summed E-state index contributed by atoms with van der Waals surface area (Å²) in [6.07, 6.45) is -0.114. The second-order valence-electron chi connectivity index (χ2n) is 5.84. The van der Waals surface area contributed by atoms with Gasteiger partial charge in [0.25, 0.3) is 5.91 Å². The molecule has 0 aliphatic carbocycles. The van der Waals surface area contributed by atoms with E-state index < -0.39 is 18.1 Å². The predicted octanol–water partition coefficient (Wildman–Crippen LogP) is 3.46. The number of ketones is 1. The lowest BCUT2D eigenvalue weighted by Crippen LogP contribution is -2.38. The smallest absolute Gasteiger partial charge is 0.334 e. The van der Waals surface area contributed by atoms with Gasteiger partial charge in [-0.05, 0) is 24.1 Å². The lowest BCUT2D eigenvalue weighted by atomic mass is 10.1. The van der Waals surface area contributed by atoms with E-state index in [0.717, 1.165) is 0 Å². The van der Waals surface area contributed by atoms with Crippen LogP contribution in [0.5, 0.6) is 0 Å². The molecule has 0 fully saturated rings. The second-order valence-corrected chi connectivity index (χ2v) is 5.84. The molecule has 0 radical (unpaired) electrons. The van der Waals surface area contributed by atoms with Gasteiger partial charge in [0.05, 0.1) is 0 Å². The molecule has 2 rings (SSSR count). The molecule has 0 aliphatic heterocycles. The Kier molecular flexibility index (Phi) is 7.09. The van der Waals surface area contributed by atoms with E-state index in [-0.39, 0.29) is 18.1 Å². The van der Waals surface area contributed by atoms with Crippen LogP contribution in [0.25, 0.3) is 0 Å². The topological polar surface area (TPSA) is 72.5 Å². The number of carbonyl (C=O) groups excluding carboxylic acids is 3. The highest BCUT2D eigenvalue weighted by Crippen LogP contribution is 2.18. The maximum atomic E-state index is 12.7. The molecule has 0 saturated heterocycles. The zero-order valence-electron chi connectivity index (χ0n) is 15.0. The van der Waals surface area contributed by atoms with Crippen molar-refractivity contribution in [1.82, 2.24) is 5.32 Å². The van der Waals surface area contributed by atoms with Crippen molar-refractivity contribution < 1.29 is 19.1 Å². The third-order valence-corrected chi connectivity index (χ3v) is 4.02. The van der Waals surface area contributed by atoms with E-state index in [1.807, 2.05) is 12.1 Å². The van der Waals surface area contributed by atoms with Crippen molar-refractivity contribution in [3.8, 4) is 0 Å². The molecule has 5 heteroatoms. The van der Waals surface area contributed by atoms with Crippen molar-refractivity contribution in [2.45, 2.75) is 38.8 Å². The van der Waals surface area contributed by atoms with Gasteiger partial charge in [0.15, 0.2) is 17.9 Å². The molecule has 136 valence electrons. The Morgan fingerprint density at radius 3 is 2.04 bits per heavy atom. The first kappa shape index (κ1) is 19.4. The highest BCUT2D eigenvalue weighted by Gasteiger charge is 2.28. The summed E-state index contributed by atoms with van der Waals surface area (Å²) in [6, 6.07) is 16.5. The van der Waals surface area contributed by atoms with Crippen molar-refractivity contribution in [2.75, 3.05) is 0 Å². The van der Waals surface area contributed by atoms with Gasteiger partial charge < -0.3 is 10.1 Å².